The molecule has 1 amide bonds. The van der Waals surface area contributed by atoms with Gasteiger partial charge in [-0.05, 0) is 18.6 Å². The fourth-order valence-corrected chi connectivity index (χ4v) is 2.09. The van der Waals surface area contributed by atoms with Crippen molar-refractivity contribution in [2.75, 3.05) is 0 Å². The SMILES string of the molecule is CC(=NNC(=O)Cc1ccc([N+](=O)[O-])cc1[N+](=O)[O-])c1ccccc1. The van der Waals surface area contributed by atoms with Gasteiger partial charge >= 0.3 is 0 Å². The Kier molecular flexibility index (Phi) is 5.51. The first-order chi connectivity index (χ1) is 11.9. The van der Waals surface area contributed by atoms with E-state index in [1.807, 2.05) is 30.3 Å². The number of carbonyl (C=O) groups is 1. The monoisotopic (exact) mass is 342 g/mol. The first-order valence-electron chi connectivity index (χ1n) is 7.18. The zero-order valence-electron chi connectivity index (χ0n) is 13.2. The van der Waals surface area contributed by atoms with E-state index in [0.717, 1.165) is 17.7 Å². The molecule has 2 aromatic carbocycles. The highest BCUT2D eigenvalue weighted by Crippen LogP contribution is 2.24. The number of carbonyl (C=O) groups excluding carboxylic acids is 1. The van der Waals surface area contributed by atoms with Gasteiger partial charge in [-0.3, -0.25) is 25.0 Å². The minimum Gasteiger partial charge on any atom is -0.273 e. The van der Waals surface area contributed by atoms with Gasteiger partial charge in [0.05, 0.1) is 28.0 Å². The molecule has 2 aromatic rings. The lowest BCUT2D eigenvalue weighted by Crippen LogP contribution is -2.21. The molecule has 25 heavy (non-hydrogen) atoms. The van der Waals surface area contributed by atoms with Crippen LogP contribution in [0.3, 0.4) is 0 Å². The fourth-order valence-electron chi connectivity index (χ4n) is 2.09. The number of nitro benzene ring substituents is 2. The third-order valence-electron chi connectivity index (χ3n) is 3.37. The van der Waals surface area contributed by atoms with Crippen molar-refractivity contribution in [3.8, 4) is 0 Å². The molecule has 0 bridgehead atoms. The molecule has 0 saturated carbocycles. The molecule has 0 heterocycles. The van der Waals surface area contributed by atoms with Gasteiger partial charge in [-0.1, -0.05) is 30.3 Å². The van der Waals surface area contributed by atoms with E-state index in [1.165, 1.54) is 6.07 Å². The number of hydrazone groups is 1. The van der Waals surface area contributed by atoms with Crippen LogP contribution in [0.1, 0.15) is 18.1 Å². The Morgan fingerprint density at radius 3 is 2.36 bits per heavy atom. The summed E-state index contributed by atoms with van der Waals surface area (Å²) in [7, 11) is 0. The quantitative estimate of drug-likeness (QED) is 0.490. The largest absolute Gasteiger partial charge is 0.279 e. The third-order valence-corrected chi connectivity index (χ3v) is 3.37. The number of nitro groups is 2. The molecule has 1 N–H and O–H groups in total. The molecule has 9 heteroatoms. The topological polar surface area (TPSA) is 128 Å². The van der Waals surface area contributed by atoms with Crippen LogP contribution in [-0.4, -0.2) is 21.5 Å². The highest BCUT2D eigenvalue weighted by atomic mass is 16.6. The van der Waals surface area contributed by atoms with Crippen LogP contribution in [0.5, 0.6) is 0 Å². The van der Waals surface area contributed by atoms with E-state index in [2.05, 4.69) is 10.5 Å². The van der Waals surface area contributed by atoms with Crippen LogP contribution in [0, 0.1) is 20.2 Å². The first kappa shape index (κ1) is 17.7. The minimum atomic E-state index is -0.756. The zero-order chi connectivity index (χ0) is 18.4. The van der Waals surface area contributed by atoms with Crippen LogP contribution < -0.4 is 5.43 Å². The summed E-state index contributed by atoms with van der Waals surface area (Å²) in [5.74, 6) is -0.563. The van der Waals surface area contributed by atoms with Crippen molar-refractivity contribution in [1.82, 2.24) is 5.43 Å². The molecule has 9 nitrogen and oxygen atoms in total. The summed E-state index contributed by atoms with van der Waals surface area (Å²) in [5.41, 5.74) is 2.91. The average molecular weight is 342 g/mol. The maximum atomic E-state index is 12.0. The van der Waals surface area contributed by atoms with Crippen molar-refractivity contribution in [1.29, 1.82) is 0 Å². The summed E-state index contributed by atoms with van der Waals surface area (Å²) >= 11 is 0. The molecular weight excluding hydrogens is 328 g/mol. The normalized spacial score (nSPS) is 11.0. The molecule has 0 atom stereocenters. The molecule has 0 saturated heterocycles. The average Bonchev–Trinajstić information content (AvgIpc) is 2.60. The molecule has 0 fully saturated rings. The summed E-state index contributed by atoms with van der Waals surface area (Å²) in [6.45, 7) is 1.71. The molecule has 0 aliphatic carbocycles. The number of nitrogens with one attached hydrogen (secondary N) is 1. The molecular formula is C16H14N4O5. The number of rotatable bonds is 6. The highest BCUT2D eigenvalue weighted by molar-refractivity contribution is 5.99. The van der Waals surface area contributed by atoms with E-state index in [4.69, 9.17) is 0 Å². The molecule has 0 radical (unpaired) electrons. The number of hydrogen-bond donors (Lipinski definition) is 1. The molecule has 0 spiro atoms. The van der Waals surface area contributed by atoms with Crippen LogP contribution in [0.2, 0.25) is 0 Å². The van der Waals surface area contributed by atoms with Crippen molar-refractivity contribution in [2.45, 2.75) is 13.3 Å². The van der Waals surface area contributed by atoms with E-state index < -0.39 is 27.1 Å². The third kappa shape index (κ3) is 4.67. The Hall–Kier alpha value is -3.62. The molecule has 0 aliphatic heterocycles. The Morgan fingerprint density at radius 1 is 1.08 bits per heavy atom. The van der Waals surface area contributed by atoms with E-state index >= 15 is 0 Å². The van der Waals surface area contributed by atoms with E-state index in [9.17, 15) is 25.0 Å². The molecule has 0 aromatic heterocycles. The smallest absolute Gasteiger partial charge is 0.273 e. The van der Waals surface area contributed by atoms with E-state index in [0.29, 0.717) is 5.71 Å². The maximum Gasteiger partial charge on any atom is 0.279 e. The van der Waals surface area contributed by atoms with Crippen molar-refractivity contribution in [3.05, 3.63) is 79.9 Å². The number of nitrogens with zero attached hydrogens (tertiary/aromatic N) is 3. The van der Waals surface area contributed by atoms with Gasteiger partial charge in [0.2, 0.25) is 5.91 Å². The van der Waals surface area contributed by atoms with Crippen molar-refractivity contribution < 1.29 is 14.6 Å². The Labute approximate surface area is 142 Å². The second-order valence-electron chi connectivity index (χ2n) is 5.10. The summed E-state index contributed by atoms with van der Waals surface area (Å²) in [4.78, 5) is 32.2. The van der Waals surface area contributed by atoms with Crippen molar-refractivity contribution in [3.63, 3.8) is 0 Å². The molecule has 2 rings (SSSR count). The molecule has 0 aliphatic rings. The maximum absolute atomic E-state index is 12.0. The summed E-state index contributed by atoms with van der Waals surface area (Å²) < 4.78 is 0. The number of hydrogen-bond acceptors (Lipinski definition) is 6. The van der Waals surface area contributed by atoms with Crippen LogP contribution in [-0.2, 0) is 11.2 Å². The Bertz CT molecular complexity index is 849. The van der Waals surface area contributed by atoms with Gasteiger partial charge in [-0.25, -0.2) is 5.43 Å². The Balaban J connectivity index is 2.12. The first-order valence-corrected chi connectivity index (χ1v) is 7.18. The molecule has 0 unspecified atom stereocenters. The van der Waals surface area contributed by atoms with Crippen LogP contribution in [0.4, 0.5) is 11.4 Å². The zero-order valence-corrected chi connectivity index (χ0v) is 13.2. The van der Waals surface area contributed by atoms with Crippen LogP contribution in [0.25, 0.3) is 0 Å². The number of amides is 1. The molecule has 128 valence electrons. The minimum absolute atomic E-state index is 0.0701. The van der Waals surface area contributed by atoms with Crippen LogP contribution in [0.15, 0.2) is 53.6 Å². The van der Waals surface area contributed by atoms with Gasteiger partial charge in [0.15, 0.2) is 0 Å². The highest BCUT2D eigenvalue weighted by Gasteiger charge is 2.21. The standard InChI is InChI=1S/C16H14N4O5/c1-11(12-5-3-2-4-6-12)17-18-16(21)9-13-7-8-14(19(22)23)10-15(13)20(24)25/h2-8,10H,9H2,1H3,(H,18,21). The summed E-state index contributed by atoms with van der Waals surface area (Å²) in [6, 6.07) is 12.3. The summed E-state index contributed by atoms with van der Waals surface area (Å²) in [6.07, 6.45) is -0.320. The lowest BCUT2D eigenvalue weighted by atomic mass is 10.1. The van der Waals surface area contributed by atoms with Gasteiger partial charge in [-0.2, -0.15) is 5.10 Å². The van der Waals surface area contributed by atoms with Gasteiger partial charge in [0.25, 0.3) is 11.4 Å². The lowest BCUT2D eigenvalue weighted by Gasteiger charge is -2.04. The number of benzene rings is 2. The van der Waals surface area contributed by atoms with Crippen molar-refractivity contribution in [2.24, 2.45) is 5.10 Å². The Morgan fingerprint density at radius 2 is 1.76 bits per heavy atom. The lowest BCUT2D eigenvalue weighted by molar-refractivity contribution is -0.394. The predicted molar refractivity (Wildman–Crippen MR) is 90.3 cm³/mol. The predicted octanol–water partition coefficient (Wildman–Crippen LogP) is 2.59. The number of non-ortho nitro benzene ring substituents is 1. The summed E-state index contributed by atoms with van der Waals surface area (Å²) in [5, 5.41) is 25.7. The van der Waals surface area contributed by atoms with Crippen molar-refractivity contribution >= 4 is 23.0 Å². The second-order valence-corrected chi connectivity index (χ2v) is 5.10. The second kappa shape index (κ2) is 7.77. The van der Waals surface area contributed by atoms with Gasteiger partial charge in [-0.15, -0.1) is 0 Å². The van der Waals surface area contributed by atoms with Gasteiger partial charge < -0.3 is 0 Å². The van der Waals surface area contributed by atoms with Gasteiger partial charge in [0, 0.05) is 11.6 Å². The van der Waals surface area contributed by atoms with Gasteiger partial charge in [0.1, 0.15) is 0 Å². The van der Waals surface area contributed by atoms with E-state index in [1.54, 1.807) is 6.92 Å². The fraction of sp³-hybridized carbons (Fsp3) is 0.125. The van der Waals surface area contributed by atoms with E-state index in [-0.39, 0.29) is 12.0 Å². The van der Waals surface area contributed by atoms with Crippen LogP contribution >= 0.6 is 0 Å².